The summed E-state index contributed by atoms with van der Waals surface area (Å²) >= 11 is 0. The molecule has 0 aliphatic carbocycles. The number of carbonyl (C=O) groups excluding carboxylic acids is 2. The van der Waals surface area contributed by atoms with Crippen LogP contribution in [0.15, 0.2) is 57.7 Å². The second kappa shape index (κ2) is 9.18. The van der Waals surface area contributed by atoms with Gasteiger partial charge >= 0.3 is 5.76 Å². The smallest absolute Gasteiger partial charge is 0.408 e. The third kappa shape index (κ3) is 5.31. The molecular formula is C21H22FN3O4. The zero-order valence-corrected chi connectivity index (χ0v) is 15.8. The van der Waals surface area contributed by atoms with E-state index in [1.54, 1.807) is 30.3 Å². The second-order valence-corrected chi connectivity index (χ2v) is 6.82. The highest BCUT2D eigenvalue weighted by atomic mass is 19.1. The number of carbonyl (C=O) groups is 2. The summed E-state index contributed by atoms with van der Waals surface area (Å²) in [4.78, 5) is 35.7. The molecule has 0 bridgehead atoms. The number of nitrogens with two attached hydrogens (primary N) is 1. The molecule has 1 heterocycles. The number of halogens is 1. The molecule has 3 N–H and O–H groups in total. The number of hydrogen-bond donors (Lipinski definition) is 2. The van der Waals surface area contributed by atoms with Crippen LogP contribution in [0.1, 0.15) is 18.4 Å². The molecule has 0 saturated heterocycles. The minimum atomic E-state index is -0.593. The van der Waals surface area contributed by atoms with E-state index in [-0.39, 0.29) is 24.7 Å². The van der Waals surface area contributed by atoms with E-state index in [2.05, 4.69) is 5.32 Å². The van der Waals surface area contributed by atoms with Gasteiger partial charge in [-0.05, 0) is 42.7 Å². The van der Waals surface area contributed by atoms with E-state index >= 15 is 0 Å². The summed E-state index contributed by atoms with van der Waals surface area (Å²) in [5.74, 6) is -2.19. The standard InChI is InChI=1S/C21H22FN3O4/c22-16-9-7-14(8-10-16)12-15(20(23)27)13-24-19(26)6-3-11-25-17-4-1-2-5-18(17)29-21(25)28/h1-2,4-5,7-10,15H,3,6,11-13H2,(H2,23,27)(H,24,26)/t15-/m0/s1. The average Bonchev–Trinajstić information content (AvgIpc) is 3.01. The number of para-hydroxylation sites is 2. The molecule has 0 unspecified atom stereocenters. The number of primary amides is 1. The molecule has 0 radical (unpaired) electrons. The number of aromatic nitrogens is 1. The van der Waals surface area contributed by atoms with Crippen molar-refractivity contribution in [1.29, 1.82) is 0 Å². The molecule has 2 amide bonds. The predicted octanol–water partition coefficient (Wildman–Crippen LogP) is 1.97. The lowest BCUT2D eigenvalue weighted by molar-refractivity contribution is -0.123. The quantitative estimate of drug-likeness (QED) is 0.574. The van der Waals surface area contributed by atoms with E-state index < -0.39 is 17.6 Å². The number of benzene rings is 2. The maximum absolute atomic E-state index is 13.0. The molecular weight excluding hydrogens is 377 g/mol. The fourth-order valence-corrected chi connectivity index (χ4v) is 3.13. The average molecular weight is 399 g/mol. The maximum Gasteiger partial charge on any atom is 0.419 e. The van der Waals surface area contributed by atoms with Crippen LogP contribution < -0.4 is 16.8 Å². The molecule has 2 aromatic carbocycles. The fraction of sp³-hybridized carbons (Fsp3) is 0.286. The van der Waals surface area contributed by atoms with Crippen LogP contribution in [0.25, 0.3) is 11.1 Å². The van der Waals surface area contributed by atoms with Crippen molar-refractivity contribution in [2.75, 3.05) is 6.54 Å². The molecule has 0 fully saturated rings. The Morgan fingerprint density at radius 1 is 1.14 bits per heavy atom. The highest BCUT2D eigenvalue weighted by Crippen LogP contribution is 2.13. The summed E-state index contributed by atoms with van der Waals surface area (Å²) < 4.78 is 19.6. The molecule has 7 nitrogen and oxygen atoms in total. The van der Waals surface area contributed by atoms with Gasteiger partial charge in [0, 0.05) is 19.5 Å². The van der Waals surface area contributed by atoms with Crippen molar-refractivity contribution in [2.45, 2.75) is 25.8 Å². The zero-order chi connectivity index (χ0) is 20.8. The van der Waals surface area contributed by atoms with Gasteiger partial charge in [0.05, 0.1) is 11.4 Å². The largest absolute Gasteiger partial charge is 0.419 e. The summed E-state index contributed by atoms with van der Waals surface area (Å²) in [6.45, 7) is 0.443. The number of aryl methyl sites for hydroxylation is 1. The molecule has 3 rings (SSSR count). The molecule has 3 aromatic rings. The minimum absolute atomic E-state index is 0.0974. The molecule has 8 heteroatoms. The van der Waals surface area contributed by atoms with Crippen LogP contribution >= 0.6 is 0 Å². The van der Waals surface area contributed by atoms with E-state index in [9.17, 15) is 18.8 Å². The Kier molecular flexibility index (Phi) is 6.43. The third-order valence-electron chi connectivity index (χ3n) is 4.70. The molecule has 29 heavy (non-hydrogen) atoms. The molecule has 0 saturated carbocycles. The number of nitrogens with one attached hydrogen (secondary N) is 1. The first-order valence-electron chi connectivity index (χ1n) is 9.33. The topological polar surface area (TPSA) is 107 Å². The van der Waals surface area contributed by atoms with Gasteiger partial charge in [-0.2, -0.15) is 0 Å². The van der Waals surface area contributed by atoms with Gasteiger partial charge in [0.25, 0.3) is 0 Å². The predicted molar refractivity (Wildman–Crippen MR) is 106 cm³/mol. The van der Waals surface area contributed by atoms with Crippen molar-refractivity contribution in [2.24, 2.45) is 11.7 Å². The van der Waals surface area contributed by atoms with Gasteiger partial charge < -0.3 is 15.5 Å². The number of fused-ring (bicyclic) bond motifs is 1. The van der Waals surface area contributed by atoms with Crippen LogP contribution in [0.2, 0.25) is 0 Å². The SMILES string of the molecule is NC(=O)[C@H](CNC(=O)CCCn1c(=O)oc2ccccc21)Cc1ccc(F)cc1. The Morgan fingerprint density at radius 3 is 2.59 bits per heavy atom. The lowest BCUT2D eigenvalue weighted by Gasteiger charge is -2.14. The number of oxazole rings is 1. The Labute approximate surface area is 166 Å². The lowest BCUT2D eigenvalue weighted by Crippen LogP contribution is -2.37. The van der Waals surface area contributed by atoms with E-state index in [4.69, 9.17) is 10.2 Å². The van der Waals surface area contributed by atoms with Gasteiger partial charge in [-0.1, -0.05) is 24.3 Å². The Balaban J connectivity index is 1.49. The summed E-state index contributed by atoms with van der Waals surface area (Å²) in [6.07, 6.45) is 0.939. The van der Waals surface area contributed by atoms with Gasteiger partial charge in [0.15, 0.2) is 5.58 Å². The Bertz CT molecular complexity index is 1060. The first kappa shape index (κ1) is 20.3. The molecule has 152 valence electrons. The van der Waals surface area contributed by atoms with Gasteiger partial charge in [0.1, 0.15) is 5.82 Å². The summed E-state index contributed by atoms with van der Waals surface area (Å²) in [5.41, 5.74) is 7.37. The highest BCUT2D eigenvalue weighted by Gasteiger charge is 2.17. The van der Waals surface area contributed by atoms with Crippen LogP contribution in [0.3, 0.4) is 0 Å². The monoisotopic (exact) mass is 399 g/mol. The van der Waals surface area contributed by atoms with Gasteiger partial charge in [-0.3, -0.25) is 14.2 Å². The van der Waals surface area contributed by atoms with Crippen LogP contribution in [0.5, 0.6) is 0 Å². The molecule has 0 aliphatic heterocycles. The van der Waals surface area contributed by atoms with Crippen LogP contribution in [0.4, 0.5) is 4.39 Å². The van der Waals surface area contributed by atoms with Crippen molar-refractivity contribution in [3.8, 4) is 0 Å². The third-order valence-corrected chi connectivity index (χ3v) is 4.70. The Hall–Kier alpha value is -3.42. The van der Waals surface area contributed by atoms with Crippen LogP contribution in [-0.2, 0) is 22.6 Å². The number of hydrogen-bond acceptors (Lipinski definition) is 4. The normalized spacial score (nSPS) is 12.0. The maximum atomic E-state index is 13.0. The van der Waals surface area contributed by atoms with Crippen molar-refractivity contribution in [1.82, 2.24) is 9.88 Å². The Morgan fingerprint density at radius 2 is 1.86 bits per heavy atom. The molecule has 1 aromatic heterocycles. The van der Waals surface area contributed by atoms with Crippen molar-refractivity contribution in [3.63, 3.8) is 0 Å². The first-order valence-corrected chi connectivity index (χ1v) is 9.33. The zero-order valence-electron chi connectivity index (χ0n) is 15.8. The summed E-state index contributed by atoms with van der Waals surface area (Å²) in [6, 6.07) is 12.9. The summed E-state index contributed by atoms with van der Waals surface area (Å²) in [7, 11) is 0. The minimum Gasteiger partial charge on any atom is -0.408 e. The molecule has 0 spiro atoms. The number of amides is 2. The fourth-order valence-electron chi connectivity index (χ4n) is 3.13. The van der Waals surface area contributed by atoms with Gasteiger partial charge in [-0.15, -0.1) is 0 Å². The first-order chi connectivity index (χ1) is 13.9. The lowest BCUT2D eigenvalue weighted by atomic mass is 9.98. The molecule has 0 aliphatic rings. The van der Waals surface area contributed by atoms with Gasteiger partial charge in [-0.25, -0.2) is 9.18 Å². The second-order valence-electron chi connectivity index (χ2n) is 6.82. The number of rotatable bonds is 9. The van der Waals surface area contributed by atoms with Crippen molar-refractivity contribution < 1.29 is 18.4 Å². The van der Waals surface area contributed by atoms with E-state index in [0.717, 1.165) is 5.56 Å². The van der Waals surface area contributed by atoms with Crippen LogP contribution in [-0.4, -0.2) is 22.9 Å². The summed E-state index contributed by atoms with van der Waals surface area (Å²) in [5, 5.41) is 2.70. The van der Waals surface area contributed by atoms with E-state index in [0.29, 0.717) is 30.5 Å². The molecule has 1 atom stereocenters. The van der Waals surface area contributed by atoms with Crippen molar-refractivity contribution >= 4 is 22.9 Å². The van der Waals surface area contributed by atoms with Gasteiger partial charge in [0.2, 0.25) is 11.8 Å². The van der Waals surface area contributed by atoms with Crippen LogP contribution in [0, 0.1) is 11.7 Å². The number of nitrogens with zero attached hydrogens (tertiary/aromatic N) is 1. The van der Waals surface area contributed by atoms with Crippen molar-refractivity contribution in [3.05, 3.63) is 70.5 Å². The van der Waals surface area contributed by atoms with E-state index in [1.165, 1.54) is 16.7 Å². The highest BCUT2D eigenvalue weighted by molar-refractivity contribution is 5.80. The van der Waals surface area contributed by atoms with E-state index in [1.807, 2.05) is 6.07 Å².